The molecule has 1 saturated carbocycles. The van der Waals surface area contributed by atoms with Crippen LogP contribution < -0.4 is 0 Å². The molecule has 0 N–H and O–H groups in total. The SMILES string of the molecule is CCOC(=O)C=C1CN(C(C(=O)C2CC2)c2ccccc2F)CCC1S.Cl. The zero-order chi connectivity index (χ0) is 18.7. The zero-order valence-corrected chi connectivity index (χ0v) is 17.0. The summed E-state index contributed by atoms with van der Waals surface area (Å²) in [5.74, 6) is -0.677. The Bertz CT molecular complexity index is 723. The molecule has 1 heterocycles. The zero-order valence-electron chi connectivity index (χ0n) is 15.3. The molecule has 0 radical (unpaired) electrons. The van der Waals surface area contributed by atoms with Gasteiger partial charge >= 0.3 is 5.97 Å². The number of ketones is 1. The minimum Gasteiger partial charge on any atom is -0.463 e. The molecule has 1 aliphatic heterocycles. The fourth-order valence-corrected chi connectivity index (χ4v) is 3.68. The molecule has 1 aromatic rings. The van der Waals surface area contributed by atoms with Crippen molar-refractivity contribution in [2.24, 2.45) is 5.92 Å². The molecule has 1 aromatic carbocycles. The lowest BCUT2D eigenvalue weighted by Crippen LogP contribution is -2.42. The van der Waals surface area contributed by atoms with Gasteiger partial charge in [-0.2, -0.15) is 12.6 Å². The molecule has 2 aliphatic rings. The van der Waals surface area contributed by atoms with Gasteiger partial charge in [-0.3, -0.25) is 9.69 Å². The summed E-state index contributed by atoms with van der Waals surface area (Å²) < 4.78 is 19.4. The van der Waals surface area contributed by atoms with Crippen molar-refractivity contribution in [1.29, 1.82) is 0 Å². The third kappa shape index (κ3) is 5.33. The first-order valence-corrected chi connectivity index (χ1v) is 9.60. The minimum absolute atomic E-state index is 0. The van der Waals surface area contributed by atoms with E-state index in [0.717, 1.165) is 18.4 Å². The number of likely N-dealkylation sites (tertiary alicyclic amines) is 1. The second kappa shape index (κ2) is 9.71. The van der Waals surface area contributed by atoms with E-state index < -0.39 is 12.0 Å². The quantitative estimate of drug-likeness (QED) is 0.438. The van der Waals surface area contributed by atoms with E-state index in [-0.39, 0.29) is 35.2 Å². The van der Waals surface area contributed by atoms with Gasteiger partial charge in [0, 0.05) is 35.9 Å². The molecule has 148 valence electrons. The van der Waals surface area contributed by atoms with Crippen molar-refractivity contribution in [2.45, 2.75) is 37.5 Å². The molecular weight excluding hydrogens is 389 g/mol. The molecule has 0 aromatic heterocycles. The third-order valence-electron chi connectivity index (χ3n) is 4.91. The van der Waals surface area contributed by atoms with Crippen molar-refractivity contribution in [2.75, 3.05) is 19.7 Å². The van der Waals surface area contributed by atoms with Gasteiger partial charge in [-0.15, -0.1) is 12.4 Å². The highest BCUT2D eigenvalue weighted by Crippen LogP contribution is 2.39. The fraction of sp³-hybridized carbons (Fsp3) is 0.500. The van der Waals surface area contributed by atoms with Crippen LogP contribution in [0.1, 0.15) is 37.8 Å². The van der Waals surface area contributed by atoms with Crippen LogP contribution in [0.4, 0.5) is 4.39 Å². The molecular formula is C20H25ClFNO3S. The normalized spacial score (nSPS) is 22.8. The largest absolute Gasteiger partial charge is 0.463 e. The van der Waals surface area contributed by atoms with Crippen molar-refractivity contribution in [3.63, 3.8) is 0 Å². The number of halogens is 2. The van der Waals surface area contributed by atoms with E-state index in [1.165, 1.54) is 12.1 Å². The Morgan fingerprint density at radius 2 is 2.04 bits per heavy atom. The number of benzene rings is 1. The first kappa shape index (κ1) is 21.9. The van der Waals surface area contributed by atoms with Crippen LogP contribution in [-0.4, -0.2) is 41.6 Å². The highest BCUT2D eigenvalue weighted by molar-refractivity contribution is 7.81. The number of thiol groups is 1. The Kier molecular flexibility index (Phi) is 7.89. The van der Waals surface area contributed by atoms with Crippen LogP contribution in [0.25, 0.3) is 0 Å². The van der Waals surface area contributed by atoms with Crippen LogP contribution in [0.5, 0.6) is 0 Å². The number of nitrogens with zero attached hydrogens (tertiary/aromatic N) is 1. The molecule has 0 amide bonds. The Balaban J connectivity index is 0.00000261. The lowest BCUT2D eigenvalue weighted by molar-refractivity contribution is -0.137. The van der Waals surface area contributed by atoms with E-state index in [1.54, 1.807) is 25.1 Å². The molecule has 7 heteroatoms. The van der Waals surface area contributed by atoms with Gasteiger partial charge in [0.25, 0.3) is 0 Å². The highest BCUT2D eigenvalue weighted by Gasteiger charge is 2.40. The average molecular weight is 414 g/mol. The van der Waals surface area contributed by atoms with Crippen LogP contribution in [0.2, 0.25) is 0 Å². The number of carbonyl (C=O) groups is 2. The first-order valence-electron chi connectivity index (χ1n) is 9.08. The molecule has 27 heavy (non-hydrogen) atoms. The van der Waals surface area contributed by atoms with Crippen molar-refractivity contribution in [3.05, 3.63) is 47.3 Å². The van der Waals surface area contributed by atoms with Gasteiger partial charge in [-0.25, -0.2) is 9.18 Å². The summed E-state index contributed by atoms with van der Waals surface area (Å²) >= 11 is 4.56. The van der Waals surface area contributed by atoms with E-state index >= 15 is 0 Å². The first-order chi connectivity index (χ1) is 12.5. The Morgan fingerprint density at radius 1 is 1.33 bits per heavy atom. The third-order valence-corrected chi connectivity index (χ3v) is 5.50. The maximum atomic E-state index is 14.4. The lowest BCUT2D eigenvalue weighted by Gasteiger charge is -2.37. The van der Waals surface area contributed by atoms with Gasteiger partial charge in [0.1, 0.15) is 5.82 Å². The number of rotatable bonds is 6. The van der Waals surface area contributed by atoms with Crippen molar-refractivity contribution in [1.82, 2.24) is 4.90 Å². The van der Waals surface area contributed by atoms with Gasteiger partial charge < -0.3 is 4.74 Å². The fourth-order valence-electron chi connectivity index (χ4n) is 3.41. The summed E-state index contributed by atoms with van der Waals surface area (Å²) in [6.45, 7) is 3.10. The second-order valence-corrected chi connectivity index (χ2v) is 7.47. The molecule has 3 rings (SSSR count). The van der Waals surface area contributed by atoms with Crippen LogP contribution in [0, 0.1) is 11.7 Å². The summed E-state index contributed by atoms with van der Waals surface area (Å²) in [5, 5.41) is -0.0621. The highest BCUT2D eigenvalue weighted by atomic mass is 35.5. The van der Waals surface area contributed by atoms with Gasteiger partial charge in [-0.1, -0.05) is 18.2 Å². The van der Waals surface area contributed by atoms with Gasteiger partial charge in [0.15, 0.2) is 5.78 Å². The Morgan fingerprint density at radius 3 is 2.67 bits per heavy atom. The predicted molar refractivity (Wildman–Crippen MR) is 108 cm³/mol. The second-order valence-electron chi connectivity index (χ2n) is 6.85. The molecule has 1 aliphatic carbocycles. The van der Waals surface area contributed by atoms with E-state index in [2.05, 4.69) is 12.6 Å². The number of Topliss-reactive ketones (excluding diaryl/α,β-unsaturated/α-hetero) is 1. The van der Waals surface area contributed by atoms with E-state index in [9.17, 15) is 14.0 Å². The predicted octanol–water partition coefficient (Wildman–Crippen LogP) is 3.76. The summed E-state index contributed by atoms with van der Waals surface area (Å²) in [6, 6.07) is 5.84. The number of esters is 1. The molecule has 0 bridgehead atoms. The Labute approximate surface area is 171 Å². The van der Waals surface area contributed by atoms with Crippen LogP contribution in [0.3, 0.4) is 0 Å². The maximum absolute atomic E-state index is 14.4. The smallest absolute Gasteiger partial charge is 0.330 e. The van der Waals surface area contributed by atoms with E-state index in [0.29, 0.717) is 31.7 Å². The van der Waals surface area contributed by atoms with Gasteiger partial charge in [0.05, 0.1) is 12.6 Å². The number of piperidine rings is 1. The molecule has 2 atom stereocenters. The molecule has 2 unspecified atom stereocenters. The molecule has 1 saturated heterocycles. The average Bonchev–Trinajstić information content (AvgIpc) is 3.45. The van der Waals surface area contributed by atoms with Crippen molar-refractivity contribution < 1.29 is 18.7 Å². The van der Waals surface area contributed by atoms with Crippen LogP contribution >= 0.6 is 25.0 Å². The maximum Gasteiger partial charge on any atom is 0.330 e. The lowest BCUT2D eigenvalue weighted by atomic mass is 9.93. The summed E-state index contributed by atoms with van der Waals surface area (Å²) in [7, 11) is 0. The monoisotopic (exact) mass is 413 g/mol. The number of hydrogen-bond donors (Lipinski definition) is 1. The van der Waals surface area contributed by atoms with Crippen molar-refractivity contribution in [3.8, 4) is 0 Å². The number of ether oxygens (including phenoxy) is 1. The minimum atomic E-state index is -0.616. The summed E-state index contributed by atoms with van der Waals surface area (Å²) in [5.41, 5.74) is 1.22. The standard InChI is InChI=1S/C20H24FNO3S.ClH/c1-2-25-18(23)11-14-12-22(10-9-17(14)26)19(20(24)13-7-8-13)15-5-3-4-6-16(15)21;/h3-6,11,13,17,19,26H,2,7-10,12H2,1H3;1H. The van der Waals surface area contributed by atoms with E-state index in [1.807, 2.05) is 4.90 Å². The van der Waals surface area contributed by atoms with E-state index in [4.69, 9.17) is 4.74 Å². The van der Waals surface area contributed by atoms with Gasteiger partial charge in [0.2, 0.25) is 0 Å². The summed E-state index contributed by atoms with van der Waals surface area (Å²) in [4.78, 5) is 26.7. The number of hydrogen-bond acceptors (Lipinski definition) is 5. The van der Waals surface area contributed by atoms with Crippen molar-refractivity contribution >= 4 is 36.8 Å². The van der Waals surface area contributed by atoms with Crippen LogP contribution in [0.15, 0.2) is 35.9 Å². The summed E-state index contributed by atoms with van der Waals surface area (Å²) in [6.07, 6.45) is 3.90. The topological polar surface area (TPSA) is 46.6 Å². The molecule has 2 fully saturated rings. The number of carbonyl (C=O) groups excluding carboxylic acids is 2. The Hall–Kier alpha value is -1.37. The van der Waals surface area contributed by atoms with Crippen LogP contribution in [-0.2, 0) is 14.3 Å². The molecule has 4 nitrogen and oxygen atoms in total. The van der Waals surface area contributed by atoms with Gasteiger partial charge in [-0.05, 0) is 37.8 Å². The molecule has 0 spiro atoms.